The van der Waals surface area contributed by atoms with Crippen molar-refractivity contribution in [3.63, 3.8) is 0 Å². The van der Waals surface area contributed by atoms with E-state index in [0.717, 1.165) is 6.42 Å². The van der Waals surface area contributed by atoms with Gasteiger partial charge in [0.25, 0.3) is 0 Å². The van der Waals surface area contributed by atoms with E-state index >= 15 is 0 Å². The second-order valence-corrected chi connectivity index (χ2v) is 8.24. The second kappa shape index (κ2) is 9.47. The fraction of sp³-hybridized carbons (Fsp3) is 0.526. The van der Waals surface area contributed by atoms with Crippen molar-refractivity contribution >= 4 is 40.9 Å². The number of hydrogen-bond donors (Lipinski definition) is 1. The maximum absolute atomic E-state index is 12.7. The third kappa shape index (κ3) is 6.01. The van der Waals surface area contributed by atoms with Crippen molar-refractivity contribution in [2.45, 2.75) is 45.3 Å². The third-order valence-corrected chi connectivity index (χ3v) is 4.60. The highest BCUT2D eigenvalue weighted by Gasteiger charge is 2.36. The lowest BCUT2D eigenvalue weighted by molar-refractivity contribution is -0.125. The molecule has 2 amide bonds. The molecule has 0 bridgehead atoms. The first-order chi connectivity index (χ1) is 13.1. The maximum atomic E-state index is 12.7. The first-order valence-corrected chi connectivity index (χ1v) is 9.70. The van der Waals surface area contributed by atoms with Crippen LogP contribution in [0.1, 0.15) is 39.2 Å². The molecule has 1 unspecified atom stereocenters. The standard InChI is InChI=1S/C19H25Cl2N3O4/c1-19(2,3)28-18(26)24-9-5-6-16(24)17(25)22-11-15(23-27-4)13-8-7-12(20)10-14(13)21/h7-8,10,16H,5-6,9,11H2,1-4H3,(H,22,25). The quantitative estimate of drug-likeness (QED) is 0.568. The molecule has 1 fully saturated rings. The molecule has 2 rings (SSSR count). The van der Waals surface area contributed by atoms with Crippen LogP contribution in [0.25, 0.3) is 0 Å². The Labute approximate surface area is 174 Å². The number of ether oxygens (including phenoxy) is 1. The van der Waals surface area contributed by atoms with Gasteiger partial charge < -0.3 is 14.9 Å². The molecule has 1 saturated heterocycles. The number of nitrogens with one attached hydrogen (secondary N) is 1. The van der Waals surface area contributed by atoms with E-state index in [2.05, 4.69) is 10.5 Å². The van der Waals surface area contributed by atoms with Gasteiger partial charge in [-0.2, -0.15) is 0 Å². The van der Waals surface area contributed by atoms with Crippen molar-refractivity contribution in [3.8, 4) is 0 Å². The van der Waals surface area contributed by atoms with Crippen LogP contribution in [0.2, 0.25) is 10.0 Å². The van der Waals surface area contributed by atoms with Crippen molar-refractivity contribution in [1.82, 2.24) is 10.2 Å². The first kappa shape index (κ1) is 22.3. The molecule has 0 aromatic heterocycles. The highest BCUT2D eigenvalue weighted by molar-refractivity contribution is 6.37. The molecule has 1 aromatic rings. The molecule has 0 aliphatic carbocycles. The van der Waals surface area contributed by atoms with E-state index < -0.39 is 17.7 Å². The normalized spacial score (nSPS) is 17.4. The molecule has 0 spiro atoms. The van der Waals surface area contributed by atoms with Crippen LogP contribution in [0.15, 0.2) is 23.4 Å². The number of halogens is 2. The van der Waals surface area contributed by atoms with Gasteiger partial charge in [-0.15, -0.1) is 0 Å². The molecule has 1 atom stereocenters. The lowest BCUT2D eigenvalue weighted by atomic mass is 10.1. The Balaban J connectivity index is 2.06. The van der Waals surface area contributed by atoms with Crippen LogP contribution < -0.4 is 5.32 Å². The summed E-state index contributed by atoms with van der Waals surface area (Å²) in [6, 6.07) is 4.39. The monoisotopic (exact) mass is 429 g/mol. The highest BCUT2D eigenvalue weighted by Crippen LogP contribution is 2.23. The summed E-state index contributed by atoms with van der Waals surface area (Å²) in [5.41, 5.74) is 0.424. The Morgan fingerprint density at radius 1 is 1.32 bits per heavy atom. The van der Waals surface area contributed by atoms with Crippen molar-refractivity contribution in [2.24, 2.45) is 5.16 Å². The molecule has 154 valence electrons. The minimum atomic E-state index is -0.621. The van der Waals surface area contributed by atoms with Crippen LogP contribution in [0.5, 0.6) is 0 Å². The summed E-state index contributed by atoms with van der Waals surface area (Å²) >= 11 is 12.2. The average molecular weight is 430 g/mol. The minimum absolute atomic E-state index is 0.0900. The van der Waals surface area contributed by atoms with Gasteiger partial charge in [0.15, 0.2) is 0 Å². The van der Waals surface area contributed by atoms with Gasteiger partial charge >= 0.3 is 6.09 Å². The van der Waals surface area contributed by atoms with E-state index in [1.165, 1.54) is 12.0 Å². The summed E-state index contributed by atoms with van der Waals surface area (Å²) < 4.78 is 5.40. The zero-order chi connectivity index (χ0) is 20.9. The molecule has 0 saturated carbocycles. The van der Waals surface area contributed by atoms with Crippen LogP contribution in [0.4, 0.5) is 4.79 Å². The van der Waals surface area contributed by atoms with E-state index in [9.17, 15) is 9.59 Å². The predicted molar refractivity (Wildman–Crippen MR) is 109 cm³/mol. The van der Waals surface area contributed by atoms with Gasteiger partial charge in [0.05, 0.1) is 11.6 Å². The lowest BCUT2D eigenvalue weighted by Crippen LogP contribution is -2.48. The Hall–Kier alpha value is -1.99. The molecule has 1 aliphatic heterocycles. The average Bonchev–Trinajstić information content (AvgIpc) is 3.07. The van der Waals surface area contributed by atoms with E-state index in [1.807, 2.05) is 0 Å². The van der Waals surface area contributed by atoms with Gasteiger partial charge in [-0.3, -0.25) is 9.69 Å². The van der Waals surface area contributed by atoms with E-state index in [1.54, 1.807) is 39.0 Å². The van der Waals surface area contributed by atoms with Gasteiger partial charge in [-0.05, 0) is 51.8 Å². The summed E-state index contributed by atoms with van der Waals surface area (Å²) in [5.74, 6) is -0.280. The number of amides is 2. The summed E-state index contributed by atoms with van der Waals surface area (Å²) in [6.07, 6.45) is 0.819. The number of nitrogens with zero attached hydrogens (tertiary/aromatic N) is 2. The fourth-order valence-electron chi connectivity index (χ4n) is 2.88. The van der Waals surface area contributed by atoms with Gasteiger partial charge in [-0.1, -0.05) is 28.4 Å². The van der Waals surface area contributed by atoms with Gasteiger partial charge in [0.1, 0.15) is 24.5 Å². The minimum Gasteiger partial charge on any atom is -0.444 e. The summed E-state index contributed by atoms with van der Waals surface area (Å²) in [5, 5.41) is 7.65. The number of benzene rings is 1. The summed E-state index contributed by atoms with van der Waals surface area (Å²) in [7, 11) is 1.41. The SMILES string of the molecule is CON=C(CNC(=O)C1CCCN1C(=O)OC(C)(C)C)c1ccc(Cl)cc1Cl. The van der Waals surface area contributed by atoms with E-state index in [0.29, 0.717) is 34.3 Å². The number of likely N-dealkylation sites (tertiary alicyclic amines) is 1. The molecular formula is C19H25Cl2N3O4. The van der Waals surface area contributed by atoms with Crippen molar-refractivity contribution in [3.05, 3.63) is 33.8 Å². The number of oxime groups is 1. The van der Waals surface area contributed by atoms with Gasteiger partial charge in [0.2, 0.25) is 5.91 Å². The second-order valence-electron chi connectivity index (χ2n) is 7.39. The summed E-state index contributed by atoms with van der Waals surface area (Å²) in [6.45, 7) is 5.94. The molecule has 0 radical (unpaired) electrons. The number of carbonyl (C=O) groups excluding carboxylic acids is 2. The lowest BCUT2D eigenvalue weighted by Gasteiger charge is -2.28. The number of hydrogen-bond acceptors (Lipinski definition) is 5. The predicted octanol–water partition coefficient (Wildman–Crippen LogP) is 3.86. The van der Waals surface area contributed by atoms with Crippen molar-refractivity contribution < 1.29 is 19.2 Å². The zero-order valence-electron chi connectivity index (χ0n) is 16.4. The molecular weight excluding hydrogens is 405 g/mol. The van der Waals surface area contributed by atoms with Crippen LogP contribution in [0.3, 0.4) is 0 Å². The zero-order valence-corrected chi connectivity index (χ0v) is 17.9. The molecule has 7 nitrogen and oxygen atoms in total. The van der Waals surface area contributed by atoms with Crippen LogP contribution in [-0.4, -0.2) is 54.5 Å². The van der Waals surface area contributed by atoms with E-state index in [-0.39, 0.29) is 12.5 Å². The molecule has 1 aliphatic rings. The molecule has 1 aromatic carbocycles. The molecule has 28 heavy (non-hydrogen) atoms. The molecule has 1 heterocycles. The Kier molecular flexibility index (Phi) is 7.55. The fourth-order valence-corrected chi connectivity index (χ4v) is 3.39. The number of rotatable bonds is 5. The first-order valence-electron chi connectivity index (χ1n) is 8.95. The molecule has 1 N–H and O–H groups in total. The van der Waals surface area contributed by atoms with Gasteiger partial charge in [-0.25, -0.2) is 4.79 Å². The Morgan fingerprint density at radius 3 is 2.64 bits per heavy atom. The maximum Gasteiger partial charge on any atom is 0.410 e. The number of carbonyl (C=O) groups is 2. The van der Waals surface area contributed by atoms with Crippen LogP contribution in [-0.2, 0) is 14.4 Å². The van der Waals surface area contributed by atoms with E-state index in [4.69, 9.17) is 32.8 Å². The topological polar surface area (TPSA) is 80.2 Å². The van der Waals surface area contributed by atoms with Crippen LogP contribution in [0, 0.1) is 0 Å². The van der Waals surface area contributed by atoms with Crippen molar-refractivity contribution in [2.75, 3.05) is 20.2 Å². The smallest absolute Gasteiger partial charge is 0.410 e. The van der Waals surface area contributed by atoms with Crippen LogP contribution >= 0.6 is 23.2 Å². The highest BCUT2D eigenvalue weighted by atomic mass is 35.5. The van der Waals surface area contributed by atoms with Gasteiger partial charge in [0, 0.05) is 17.1 Å². The summed E-state index contributed by atoms with van der Waals surface area (Å²) in [4.78, 5) is 31.4. The Morgan fingerprint density at radius 2 is 2.04 bits per heavy atom. The third-order valence-electron chi connectivity index (χ3n) is 4.06. The largest absolute Gasteiger partial charge is 0.444 e. The Bertz CT molecular complexity index is 762. The van der Waals surface area contributed by atoms with Crippen molar-refractivity contribution in [1.29, 1.82) is 0 Å². The molecule has 9 heteroatoms.